The van der Waals surface area contributed by atoms with E-state index < -0.39 is 0 Å². The van der Waals surface area contributed by atoms with Crippen molar-refractivity contribution in [1.29, 1.82) is 0 Å². The van der Waals surface area contributed by atoms with Crippen molar-refractivity contribution in [1.82, 2.24) is 9.88 Å². The summed E-state index contributed by atoms with van der Waals surface area (Å²) in [7, 11) is 0. The highest BCUT2D eigenvalue weighted by molar-refractivity contribution is 6.30. The molecule has 0 aliphatic heterocycles. The highest BCUT2D eigenvalue weighted by atomic mass is 35.5. The third-order valence-corrected chi connectivity index (χ3v) is 4.19. The van der Waals surface area contributed by atoms with Crippen molar-refractivity contribution < 1.29 is 4.79 Å². The predicted octanol–water partition coefficient (Wildman–Crippen LogP) is 4.24. The number of nitrogens with one attached hydrogen (secondary N) is 1. The van der Waals surface area contributed by atoms with Gasteiger partial charge >= 0.3 is 0 Å². The minimum absolute atomic E-state index is 0.00463. The van der Waals surface area contributed by atoms with Gasteiger partial charge in [-0.1, -0.05) is 54.1 Å². The topological polar surface area (TPSA) is 34.0 Å². The first kappa shape index (κ1) is 16.3. The summed E-state index contributed by atoms with van der Waals surface area (Å²) in [6.07, 6.45) is 4.51. The first-order valence-corrected chi connectivity index (χ1v) is 8.29. The van der Waals surface area contributed by atoms with Crippen LogP contribution in [-0.4, -0.2) is 10.5 Å². The summed E-state index contributed by atoms with van der Waals surface area (Å²) < 4.78 is 1.95. The Kier molecular flexibility index (Phi) is 5.34. The van der Waals surface area contributed by atoms with Crippen molar-refractivity contribution in [3.05, 3.63) is 95.3 Å². The summed E-state index contributed by atoms with van der Waals surface area (Å²) in [6, 6.07) is 21.2. The van der Waals surface area contributed by atoms with Crippen LogP contribution in [0.25, 0.3) is 0 Å². The van der Waals surface area contributed by atoms with Crippen LogP contribution in [0.3, 0.4) is 0 Å². The van der Waals surface area contributed by atoms with Gasteiger partial charge in [0.05, 0.1) is 0 Å². The SMILES string of the molecule is O=C(NCc1ccc(Cl)cc1)[C@H](Cc1ccccc1)n1cccc1. The predicted molar refractivity (Wildman–Crippen MR) is 96.9 cm³/mol. The lowest BCUT2D eigenvalue weighted by Crippen LogP contribution is -2.33. The Bertz CT molecular complexity index is 767. The zero-order valence-corrected chi connectivity index (χ0v) is 14.0. The van der Waals surface area contributed by atoms with E-state index in [4.69, 9.17) is 11.6 Å². The van der Waals surface area contributed by atoms with Gasteiger partial charge in [-0.15, -0.1) is 0 Å². The van der Waals surface area contributed by atoms with E-state index in [0.717, 1.165) is 11.1 Å². The molecule has 1 amide bonds. The van der Waals surface area contributed by atoms with E-state index in [1.165, 1.54) is 0 Å². The molecule has 2 aromatic carbocycles. The van der Waals surface area contributed by atoms with Crippen LogP contribution in [0.15, 0.2) is 79.1 Å². The molecule has 4 heteroatoms. The molecule has 3 aromatic rings. The highest BCUT2D eigenvalue weighted by Gasteiger charge is 2.19. The molecule has 1 atom stereocenters. The van der Waals surface area contributed by atoms with Crippen LogP contribution in [0.5, 0.6) is 0 Å². The lowest BCUT2D eigenvalue weighted by molar-refractivity contribution is -0.124. The fourth-order valence-corrected chi connectivity index (χ4v) is 2.76. The first-order chi connectivity index (χ1) is 11.7. The molecule has 24 heavy (non-hydrogen) atoms. The Morgan fingerprint density at radius 2 is 1.58 bits per heavy atom. The average molecular weight is 339 g/mol. The molecule has 0 bridgehead atoms. The third-order valence-electron chi connectivity index (χ3n) is 3.94. The van der Waals surface area contributed by atoms with Gasteiger partial charge in [0.15, 0.2) is 0 Å². The molecule has 0 aliphatic carbocycles. The molecule has 0 aliphatic rings. The van der Waals surface area contributed by atoms with E-state index in [2.05, 4.69) is 5.32 Å². The molecule has 0 saturated heterocycles. The van der Waals surface area contributed by atoms with Crippen molar-refractivity contribution in [2.45, 2.75) is 19.0 Å². The van der Waals surface area contributed by atoms with Gasteiger partial charge in [0, 0.05) is 30.4 Å². The fourth-order valence-electron chi connectivity index (χ4n) is 2.64. The summed E-state index contributed by atoms with van der Waals surface area (Å²) in [6.45, 7) is 0.489. The van der Waals surface area contributed by atoms with Crippen LogP contribution in [-0.2, 0) is 17.8 Å². The van der Waals surface area contributed by atoms with Crippen molar-refractivity contribution in [2.75, 3.05) is 0 Å². The molecule has 0 saturated carbocycles. The zero-order chi connectivity index (χ0) is 16.8. The number of benzene rings is 2. The summed E-state index contributed by atoms with van der Waals surface area (Å²) in [5.41, 5.74) is 2.16. The summed E-state index contributed by atoms with van der Waals surface area (Å²) >= 11 is 5.89. The van der Waals surface area contributed by atoms with Gasteiger partial charge in [0.25, 0.3) is 0 Å². The molecule has 0 unspecified atom stereocenters. The Morgan fingerprint density at radius 3 is 2.25 bits per heavy atom. The van der Waals surface area contributed by atoms with E-state index in [0.29, 0.717) is 18.0 Å². The van der Waals surface area contributed by atoms with Crippen LogP contribution < -0.4 is 5.32 Å². The Labute approximate surface area is 146 Å². The van der Waals surface area contributed by atoms with Crippen molar-refractivity contribution in [3.8, 4) is 0 Å². The molecule has 0 radical (unpaired) electrons. The number of halogens is 1. The number of rotatable bonds is 6. The average Bonchev–Trinajstić information content (AvgIpc) is 3.14. The number of carbonyl (C=O) groups excluding carboxylic acids is 1. The van der Waals surface area contributed by atoms with E-state index in [1.807, 2.05) is 83.7 Å². The van der Waals surface area contributed by atoms with Gasteiger partial charge in [0.2, 0.25) is 5.91 Å². The maximum Gasteiger partial charge on any atom is 0.243 e. The van der Waals surface area contributed by atoms with Gasteiger partial charge in [-0.25, -0.2) is 0 Å². The Hall–Kier alpha value is -2.52. The van der Waals surface area contributed by atoms with E-state index in [9.17, 15) is 4.79 Å². The van der Waals surface area contributed by atoms with Crippen LogP contribution in [0.2, 0.25) is 5.02 Å². The van der Waals surface area contributed by atoms with E-state index >= 15 is 0 Å². The van der Waals surface area contributed by atoms with Gasteiger partial charge in [-0.3, -0.25) is 4.79 Å². The maximum atomic E-state index is 12.7. The van der Waals surface area contributed by atoms with Crippen LogP contribution in [0.1, 0.15) is 17.2 Å². The molecule has 3 rings (SSSR count). The maximum absolute atomic E-state index is 12.7. The van der Waals surface area contributed by atoms with E-state index in [-0.39, 0.29) is 11.9 Å². The summed E-state index contributed by atoms with van der Waals surface area (Å²) in [5.74, 6) is 0.00463. The molecule has 1 aromatic heterocycles. The van der Waals surface area contributed by atoms with Crippen LogP contribution in [0, 0.1) is 0 Å². The van der Waals surface area contributed by atoms with Crippen LogP contribution in [0.4, 0.5) is 0 Å². The van der Waals surface area contributed by atoms with Gasteiger partial charge in [-0.2, -0.15) is 0 Å². The number of hydrogen-bond donors (Lipinski definition) is 1. The third kappa shape index (κ3) is 4.27. The molecule has 0 spiro atoms. The van der Waals surface area contributed by atoms with Gasteiger partial charge < -0.3 is 9.88 Å². The lowest BCUT2D eigenvalue weighted by Gasteiger charge is -2.19. The molecule has 3 nitrogen and oxygen atoms in total. The second kappa shape index (κ2) is 7.84. The molecular formula is C20H19ClN2O. The number of amides is 1. The smallest absolute Gasteiger partial charge is 0.243 e. The largest absolute Gasteiger partial charge is 0.350 e. The quantitative estimate of drug-likeness (QED) is 0.716. The minimum Gasteiger partial charge on any atom is -0.350 e. The number of hydrogen-bond acceptors (Lipinski definition) is 1. The second-order valence-corrected chi connectivity index (χ2v) is 6.12. The Balaban J connectivity index is 1.70. The normalized spacial score (nSPS) is 11.9. The molecule has 0 fully saturated rings. The highest BCUT2D eigenvalue weighted by Crippen LogP contribution is 2.16. The molecule has 1 N–H and O–H groups in total. The first-order valence-electron chi connectivity index (χ1n) is 7.91. The van der Waals surface area contributed by atoms with Crippen LogP contribution >= 0.6 is 11.6 Å². The van der Waals surface area contributed by atoms with Crippen molar-refractivity contribution in [3.63, 3.8) is 0 Å². The standard InChI is InChI=1S/C20H19ClN2O/c21-18-10-8-17(9-11-18)15-22-20(24)19(23-12-4-5-13-23)14-16-6-2-1-3-7-16/h1-13,19H,14-15H2,(H,22,24)/t19-/m0/s1. The number of nitrogens with zero attached hydrogens (tertiary/aromatic N) is 1. The summed E-state index contributed by atoms with van der Waals surface area (Å²) in [5, 5.41) is 3.72. The van der Waals surface area contributed by atoms with Crippen molar-refractivity contribution >= 4 is 17.5 Å². The van der Waals surface area contributed by atoms with Gasteiger partial charge in [-0.05, 0) is 35.4 Å². The zero-order valence-electron chi connectivity index (χ0n) is 13.2. The second-order valence-electron chi connectivity index (χ2n) is 5.68. The lowest BCUT2D eigenvalue weighted by atomic mass is 10.0. The Morgan fingerprint density at radius 1 is 0.917 bits per heavy atom. The molecule has 1 heterocycles. The number of aromatic nitrogens is 1. The fraction of sp³-hybridized carbons (Fsp3) is 0.150. The number of carbonyl (C=O) groups is 1. The van der Waals surface area contributed by atoms with E-state index in [1.54, 1.807) is 0 Å². The summed E-state index contributed by atoms with van der Waals surface area (Å²) in [4.78, 5) is 12.7. The van der Waals surface area contributed by atoms with Crippen molar-refractivity contribution in [2.24, 2.45) is 0 Å². The minimum atomic E-state index is -0.269. The molecule has 122 valence electrons. The monoisotopic (exact) mass is 338 g/mol. The van der Waals surface area contributed by atoms with Gasteiger partial charge in [0.1, 0.15) is 6.04 Å². The molecular weight excluding hydrogens is 320 g/mol.